The summed E-state index contributed by atoms with van der Waals surface area (Å²) in [7, 11) is 8.71. The molecule has 0 radical (unpaired) electrons. The van der Waals surface area contributed by atoms with Crippen LogP contribution in [0.2, 0.25) is 0 Å². The van der Waals surface area contributed by atoms with Crippen molar-refractivity contribution in [3.63, 3.8) is 0 Å². The van der Waals surface area contributed by atoms with Gasteiger partial charge in [-0.3, -0.25) is 0 Å². The fourth-order valence-corrected chi connectivity index (χ4v) is 2.77. The lowest BCUT2D eigenvalue weighted by atomic mass is 10.1. The first kappa shape index (κ1) is 19.1. The van der Waals surface area contributed by atoms with E-state index in [1.807, 2.05) is 25.1 Å². The summed E-state index contributed by atoms with van der Waals surface area (Å²) >= 11 is 0. The molecule has 7 heteroatoms. The van der Waals surface area contributed by atoms with Crippen molar-refractivity contribution < 1.29 is 19.3 Å². The third kappa shape index (κ3) is 4.05. The minimum absolute atomic E-state index is 0.175. The van der Waals surface area contributed by atoms with E-state index in [-0.39, 0.29) is 6.61 Å². The van der Waals surface area contributed by atoms with Crippen LogP contribution >= 0.6 is 0 Å². The highest BCUT2D eigenvalue weighted by atomic mass is 16.5. The van der Waals surface area contributed by atoms with E-state index in [9.17, 15) is 0 Å². The summed E-state index contributed by atoms with van der Waals surface area (Å²) in [6.45, 7) is 1.56. The molecule has 1 heterocycles. The van der Waals surface area contributed by atoms with Crippen molar-refractivity contribution in [3.8, 4) is 17.2 Å². The molecule has 0 saturated heterocycles. The molecular formula is C18H27N3O4. The lowest BCUT2D eigenvalue weighted by Crippen LogP contribution is -2.20. The van der Waals surface area contributed by atoms with Gasteiger partial charge in [-0.2, -0.15) is 0 Å². The van der Waals surface area contributed by atoms with E-state index in [2.05, 4.69) is 11.4 Å². The lowest BCUT2D eigenvalue weighted by Gasteiger charge is -2.20. The molecule has 0 aliphatic rings. The second-order valence-electron chi connectivity index (χ2n) is 5.83. The number of aromatic nitrogens is 1. The number of hydrogen-bond donors (Lipinski definition) is 2. The van der Waals surface area contributed by atoms with E-state index < -0.39 is 0 Å². The van der Waals surface area contributed by atoms with Gasteiger partial charge in [0.1, 0.15) is 5.82 Å². The fourth-order valence-electron chi connectivity index (χ4n) is 2.77. The van der Waals surface area contributed by atoms with Gasteiger partial charge in [-0.05, 0) is 19.0 Å². The van der Waals surface area contributed by atoms with E-state index >= 15 is 0 Å². The van der Waals surface area contributed by atoms with Gasteiger partial charge in [-0.15, -0.1) is 0 Å². The van der Waals surface area contributed by atoms with Crippen molar-refractivity contribution in [1.82, 2.24) is 10.3 Å². The van der Waals surface area contributed by atoms with Gasteiger partial charge in [0, 0.05) is 44.3 Å². The van der Waals surface area contributed by atoms with Crippen molar-refractivity contribution >= 4 is 16.7 Å². The summed E-state index contributed by atoms with van der Waals surface area (Å²) in [4.78, 5) is 6.77. The van der Waals surface area contributed by atoms with Gasteiger partial charge in [0.25, 0.3) is 0 Å². The predicted molar refractivity (Wildman–Crippen MR) is 99.1 cm³/mol. The molecule has 1 aromatic carbocycles. The molecule has 0 fully saturated rings. The van der Waals surface area contributed by atoms with Crippen LogP contribution in [0.4, 0.5) is 5.82 Å². The number of methoxy groups -OCH3 is 3. The number of fused-ring (bicyclic) bond motifs is 1. The molecule has 2 aromatic rings. The SMILES string of the molecule is COc1cc2nc(N(C)C)c(CNCCCO)cc2c(OC)c1OC. The normalized spacial score (nSPS) is 10.8. The first-order valence-corrected chi connectivity index (χ1v) is 8.18. The van der Waals surface area contributed by atoms with Crippen molar-refractivity contribution in [2.75, 3.05) is 53.5 Å². The zero-order valence-electron chi connectivity index (χ0n) is 15.5. The van der Waals surface area contributed by atoms with Crippen molar-refractivity contribution in [2.45, 2.75) is 13.0 Å². The number of pyridine rings is 1. The highest BCUT2D eigenvalue weighted by molar-refractivity contribution is 5.92. The number of nitrogens with one attached hydrogen (secondary N) is 1. The minimum atomic E-state index is 0.175. The molecule has 0 amide bonds. The smallest absolute Gasteiger partial charge is 0.204 e. The topological polar surface area (TPSA) is 76.1 Å². The van der Waals surface area contributed by atoms with Crippen LogP contribution < -0.4 is 24.4 Å². The van der Waals surface area contributed by atoms with Crippen LogP contribution in [0.15, 0.2) is 12.1 Å². The monoisotopic (exact) mass is 349 g/mol. The fraction of sp³-hybridized carbons (Fsp3) is 0.500. The quantitative estimate of drug-likeness (QED) is 0.669. The van der Waals surface area contributed by atoms with Gasteiger partial charge in [-0.25, -0.2) is 4.98 Å². The second kappa shape index (κ2) is 8.73. The molecule has 0 unspecified atom stereocenters. The van der Waals surface area contributed by atoms with Crippen LogP contribution in [0.5, 0.6) is 17.2 Å². The van der Waals surface area contributed by atoms with E-state index in [0.29, 0.717) is 30.2 Å². The Hall–Kier alpha value is -2.25. The number of benzene rings is 1. The second-order valence-corrected chi connectivity index (χ2v) is 5.83. The number of aliphatic hydroxyl groups is 1. The van der Waals surface area contributed by atoms with Crippen molar-refractivity contribution in [3.05, 3.63) is 17.7 Å². The van der Waals surface area contributed by atoms with Gasteiger partial charge >= 0.3 is 0 Å². The van der Waals surface area contributed by atoms with Crippen LogP contribution in [-0.2, 0) is 6.54 Å². The van der Waals surface area contributed by atoms with E-state index in [0.717, 1.165) is 28.8 Å². The maximum absolute atomic E-state index is 8.92. The summed E-state index contributed by atoms with van der Waals surface area (Å²) < 4.78 is 16.5. The van der Waals surface area contributed by atoms with Gasteiger partial charge in [0.2, 0.25) is 5.75 Å². The van der Waals surface area contributed by atoms with Crippen LogP contribution in [0.1, 0.15) is 12.0 Å². The molecular weight excluding hydrogens is 322 g/mol. The Kier molecular flexibility index (Phi) is 6.66. The standard InChI is InChI=1S/C18H27N3O4/c1-21(2)18-12(11-19-7-6-8-22)9-13-14(20-18)10-15(23-3)17(25-5)16(13)24-4/h9-10,19,22H,6-8,11H2,1-5H3. The third-order valence-corrected chi connectivity index (χ3v) is 3.93. The average Bonchev–Trinajstić information content (AvgIpc) is 2.62. The van der Waals surface area contributed by atoms with Crippen molar-refractivity contribution in [1.29, 1.82) is 0 Å². The van der Waals surface area contributed by atoms with Crippen LogP contribution in [-0.4, -0.2) is 58.7 Å². The highest BCUT2D eigenvalue weighted by Gasteiger charge is 2.19. The van der Waals surface area contributed by atoms with Crippen LogP contribution in [0, 0.1) is 0 Å². The number of anilines is 1. The third-order valence-electron chi connectivity index (χ3n) is 3.93. The Morgan fingerprint density at radius 1 is 1.08 bits per heavy atom. The van der Waals surface area contributed by atoms with Crippen molar-refractivity contribution in [2.24, 2.45) is 0 Å². The molecule has 138 valence electrons. The number of nitrogens with zero attached hydrogens (tertiary/aromatic N) is 2. The zero-order chi connectivity index (χ0) is 18.4. The molecule has 2 rings (SSSR count). The molecule has 2 N–H and O–H groups in total. The lowest BCUT2D eigenvalue weighted by molar-refractivity contribution is 0.286. The van der Waals surface area contributed by atoms with E-state index in [1.165, 1.54) is 0 Å². The minimum Gasteiger partial charge on any atom is -0.493 e. The molecule has 0 aliphatic carbocycles. The molecule has 1 aromatic heterocycles. The van der Waals surface area contributed by atoms with Gasteiger partial charge in [0.05, 0.1) is 26.8 Å². The Morgan fingerprint density at radius 3 is 2.36 bits per heavy atom. The summed E-state index contributed by atoms with van der Waals surface area (Å²) in [6.07, 6.45) is 0.715. The van der Waals surface area contributed by atoms with Crippen LogP contribution in [0.3, 0.4) is 0 Å². The number of rotatable bonds is 9. The zero-order valence-corrected chi connectivity index (χ0v) is 15.5. The Bertz CT molecular complexity index is 719. The van der Waals surface area contributed by atoms with E-state index in [4.69, 9.17) is 24.3 Å². The Morgan fingerprint density at radius 2 is 1.80 bits per heavy atom. The molecule has 0 spiro atoms. The largest absolute Gasteiger partial charge is 0.493 e. The van der Waals surface area contributed by atoms with Crippen LogP contribution in [0.25, 0.3) is 10.9 Å². The first-order chi connectivity index (χ1) is 12.1. The van der Waals surface area contributed by atoms with Gasteiger partial charge in [0.15, 0.2) is 11.5 Å². The molecule has 0 aliphatic heterocycles. The Labute approximate surface area is 148 Å². The number of hydrogen-bond acceptors (Lipinski definition) is 7. The Balaban J connectivity index is 2.58. The van der Waals surface area contributed by atoms with Gasteiger partial charge < -0.3 is 29.5 Å². The summed E-state index contributed by atoms with van der Waals surface area (Å²) in [5.74, 6) is 2.61. The maximum atomic E-state index is 8.92. The molecule has 0 bridgehead atoms. The molecule has 7 nitrogen and oxygen atoms in total. The molecule has 0 saturated carbocycles. The van der Waals surface area contributed by atoms with Gasteiger partial charge in [-0.1, -0.05) is 0 Å². The summed E-state index contributed by atoms with van der Waals surface area (Å²) in [6, 6.07) is 3.91. The average molecular weight is 349 g/mol. The summed E-state index contributed by atoms with van der Waals surface area (Å²) in [5, 5.41) is 13.1. The first-order valence-electron chi connectivity index (χ1n) is 8.18. The molecule has 0 atom stereocenters. The van der Waals surface area contributed by atoms with E-state index in [1.54, 1.807) is 21.3 Å². The highest BCUT2D eigenvalue weighted by Crippen LogP contribution is 2.43. The number of aliphatic hydroxyl groups excluding tert-OH is 1. The number of ether oxygens (including phenoxy) is 3. The summed E-state index contributed by atoms with van der Waals surface area (Å²) in [5.41, 5.74) is 1.82. The maximum Gasteiger partial charge on any atom is 0.204 e. The molecule has 25 heavy (non-hydrogen) atoms. The predicted octanol–water partition coefficient (Wildman–Crippen LogP) is 1.80.